The second-order valence-electron chi connectivity index (χ2n) is 6.13. The van der Waals surface area contributed by atoms with Gasteiger partial charge in [-0.1, -0.05) is 18.5 Å². The van der Waals surface area contributed by atoms with Crippen LogP contribution < -0.4 is 0 Å². The van der Waals surface area contributed by atoms with Gasteiger partial charge in [-0.05, 0) is 37.8 Å². The van der Waals surface area contributed by atoms with E-state index in [1.807, 2.05) is 7.05 Å². The summed E-state index contributed by atoms with van der Waals surface area (Å²) in [5, 5.41) is 0.533. The molecule has 0 aliphatic carbocycles. The minimum Gasteiger partial charge on any atom is -0.458 e. The van der Waals surface area contributed by atoms with Crippen LogP contribution in [0.5, 0.6) is 0 Å². The maximum Gasteiger partial charge on any atom is 0.338 e. The molecule has 120 valence electrons. The minimum atomic E-state index is -2.74. The Morgan fingerprint density at radius 3 is 2.55 bits per heavy atom. The van der Waals surface area contributed by atoms with E-state index in [1.54, 1.807) is 24.3 Å². The first-order chi connectivity index (χ1) is 12.5. The summed E-state index contributed by atoms with van der Waals surface area (Å²) >= 11 is 5.85. The molecule has 1 aromatic rings. The van der Waals surface area contributed by atoms with Crippen molar-refractivity contribution in [3.8, 4) is 0 Å². The first kappa shape index (κ1) is 10.6. The Balaban J connectivity index is 1.76. The van der Waals surface area contributed by atoms with Crippen LogP contribution in [0, 0.1) is 11.8 Å². The van der Waals surface area contributed by atoms with Gasteiger partial charge in [0.1, 0.15) is 6.10 Å². The number of ether oxygens (including phenoxy) is 1. The molecule has 2 heterocycles. The molecule has 0 amide bonds. The molecular weight excluding hydrogens is 300 g/mol. The first-order valence-electron chi connectivity index (χ1n) is 9.89. The molecule has 2 fully saturated rings. The lowest BCUT2D eigenvalue weighted by atomic mass is 9.81. The summed E-state index contributed by atoms with van der Waals surface area (Å²) in [6.07, 6.45) is -0.368. The van der Waals surface area contributed by atoms with Crippen molar-refractivity contribution in [1.82, 2.24) is 9.80 Å². The molecule has 3 rings (SSSR count). The van der Waals surface area contributed by atoms with Crippen LogP contribution in [-0.2, 0) is 4.74 Å². The van der Waals surface area contributed by atoms with Crippen molar-refractivity contribution < 1.29 is 16.4 Å². The number of hydrogen-bond acceptors (Lipinski definition) is 4. The van der Waals surface area contributed by atoms with Crippen LogP contribution in [0.15, 0.2) is 24.3 Å². The number of esters is 1. The van der Waals surface area contributed by atoms with Gasteiger partial charge in [-0.3, -0.25) is 0 Å². The van der Waals surface area contributed by atoms with E-state index in [1.165, 1.54) is 4.90 Å². The van der Waals surface area contributed by atoms with Gasteiger partial charge in [0, 0.05) is 49.9 Å². The Bertz CT molecular complexity index is 682. The molecule has 2 saturated heterocycles. The molecule has 2 bridgehead atoms. The molecule has 0 saturated carbocycles. The quantitative estimate of drug-likeness (QED) is 0.798. The van der Waals surface area contributed by atoms with Crippen LogP contribution in [0.25, 0.3) is 0 Å². The third-order valence-corrected chi connectivity index (χ3v) is 4.66. The third kappa shape index (κ3) is 3.29. The molecule has 2 aliphatic heterocycles. The summed E-state index contributed by atoms with van der Waals surface area (Å²) in [6.45, 7) is -3.47. The molecule has 5 heteroatoms. The summed E-state index contributed by atoms with van der Waals surface area (Å²) < 4.78 is 44.5. The minimum absolute atomic E-state index is 0.156. The number of fused-ring (bicyclic) bond motifs is 2. The highest BCUT2D eigenvalue weighted by atomic mass is 35.5. The van der Waals surface area contributed by atoms with E-state index in [2.05, 4.69) is 4.90 Å². The van der Waals surface area contributed by atoms with Gasteiger partial charge >= 0.3 is 5.97 Å². The lowest BCUT2D eigenvalue weighted by Gasteiger charge is -2.49. The van der Waals surface area contributed by atoms with E-state index < -0.39 is 19.3 Å². The SMILES string of the molecule is [2H]C([2H])([2H])C([2H])([2H])N1C[C@H]2CN(C)C[C@@H](C1)C2OC(=O)c1ccc(Cl)cc1. The second kappa shape index (κ2) is 6.57. The fraction of sp³-hybridized carbons (Fsp3) is 0.588. The fourth-order valence-corrected chi connectivity index (χ4v) is 3.62. The molecule has 4 nitrogen and oxygen atoms in total. The largest absolute Gasteiger partial charge is 0.458 e. The molecule has 1 aromatic carbocycles. The van der Waals surface area contributed by atoms with Crippen molar-refractivity contribution in [2.45, 2.75) is 13.0 Å². The summed E-state index contributed by atoms with van der Waals surface area (Å²) in [5.41, 5.74) is 0.408. The van der Waals surface area contributed by atoms with E-state index in [0.717, 1.165) is 0 Å². The molecule has 1 unspecified atom stereocenters. The number of likely N-dealkylation sites (tertiary alicyclic amines) is 2. The van der Waals surface area contributed by atoms with Gasteiger partial charge in [-0.25, -0.2) is 4.79 Å². The lowest BCUT2D eigenvalue weighted by Crippen LogP contribution is -2.60. The molecule has 22 heavy (non-hydrogen) atoms. The average molecular weight is 328 g/mol. The van der Waals surface area contributed by atoms with Gasteiger partial charge in [-0.15, -0.1) is 0 Å². The smallest absolute Gasteiger partial charge is 0.338 e. The highest BCUT2D eigenvalue weighted by Gasteiger charge is 2.43. The van der Waals surface area contributed by atoms with E-state index in [0.29, 0.717) is 23.7 Å². The van der Waals surface area contributed by atoms with Crippen LogP contribution in [0.2, 0.25) is 5.02 Å². The van der Waals surface area contributed by atoms with Gasteiger partial charge in [0.2, 0.25) is 0 Å². The zero-order chi connectivity index (χ0) is 20.0. The van der Waals surface area contributed by atoms with Crippen molar-refractivity contribution in [1.29, 1.82) is 0 Å². The Hall–Kier alpha value is -1.10. The normalized spacial score (nSPS) is 33.9. The Morgan fingerprint density at radius 2 is 1.95 bits per heavy atom. The number of nitrogens with zero attached hydrogens (tertiary/aromatic N) is 2. The van der Waals surface area contributed by atoms with Gasteiger partial charge in [0.05, 0.1) is 5.56 Å². The van der Waals surface area contributed by atoms with Crippen molar-refractivity contribution in [2.24, 2.45) is 11.8 Å². The number of hydrogen-bond donors (Lipinski definition) is 0. The number of carbonyl (C=O) groups excluding carboxylic acids is 1. The lowest BCUT2D eigenvalue weighted by molar-refractivity contribution is -0.0831. The van der Waals surface area contributed by atoms with Crippen LogP contribution in [-0.4, -0.2) is 61.6 Å². The molecule has 2 aliphatic rings. The number of halogens is 1. The van der Waals surface area contributed by atoms with Crippen LogP contribution >= 0.6 is 11.6 Å². The van der Waals surface area contributed by atoms with Crippen molar-refractivity contribution in [2.75, 3.05) is 39.7 Å². The van der Waals surface area contributed by atoms with Crippen molar-refractivity contribution in [3.05, 3.63) is 34.9 Å². The zero-order valence-electron chi connectivity index (χ0n) is 17.5. The maximum absolute atomic E-state index is 12.5. The van der Waals surface area contributed by atoms with E-state index in [4.69, 9.17) is 23.2 Å². The molecule has 0 spiro atoms. The fourth-order valence-electron chi connectivity index (χ4n) is 3.49. The zero-order valence-corrected chi connectivity index (χ0v) is 13.2. The Labute approximate surface area is 144 Å². The molecule has 3 atom stereocenters. The number of rotatable bonds is 3. The number of carbonyl (C=O) groups is 1. The average Bonchev–Trinajstić information content (AvgIpc) is 2.54. The highest BCUT2D eigenvalue weighted by molar-refractivity contribution is 6.30. The predicted octanol–water partition coefficient (Wildman–Crippen LogP) is 2.38. The van der Waals surface area contributed by atoms with E-state index >= 15 is 0 Å². The Kier molecular flexibility index (Phi) is 3.17. The second-order valence-corrected chi connectivity index (χ2v) is 6.57. The topological polar surface area (TPSA) is 32.8 Å². The number of piperidine rings is 2. The maximum atomic E-state index is 12.5. The summed E-state index contributed by atoms with van der Waals surface area (Å²) in [4.78, 5) is 16.0. The molecule has 0 radical (unpaired) electrons. The summed E-state index contributed by atoms with van der Waals surface area (Å²) in [7, 11) is 1.96. The van der Waals surface area contributed by atoms with Gasteiger partial charge in [0.15, 0.2) is 0 Å². The number of benzene rings is 1. The Morgan fingerprint density at radius 1 is 1.32 bits per heavy atom. The van der Waals surface area contributed by atoms with E-state index in [-0.39, 0.29) is 31.0 Å². The van der Waals surface area contributed by atoms with Crippen LogP contribution in [0.1, 0.15) is 24.1 Å². The van der Waals surface area contributed by atoms with Gasteiger partial charge in [-0.2, -0.15) is 0 Å². The highest BCUT2D eigenvalue weighted by Crippen LogP contribution is 2.31. The van der Waals surface area contributed by atoms with Crippen LogP contribution in [0.3, 0.4) is 0 Å². The van der Waals surface area contributed by atoms with Gasteiger partial charge in [0.25, 0.3) is 0 Å². The monoisotopic (exact) mass is 327 g/mol. The predicted molar refractivity (Wildman–Crippen MR) is 87.2 cm³/mol. The summed E-state index contributed by atoms with van der Waals surface area (Å²) in [5.74, 6) is -0.754. The molecular formula is C17H23ClN2O2. The molecule has 0 aromatic heterocycles. The van der Waals surface area contributed by atoms with Gasteiger partial charge < -0.3 is 14.5 Å². The first-order valence-corrected chi connectivity index (χ1v) is 7.77. The summed E-state index contributed by atoms with van der Waals surface area (Å²) in [6, 6.07) is 6.46. The molecule has 0 N–H and O–H groups in total. The van der Waals surface area contributed by atoms with Crippen LogP contribution in [0.4, 0.5) is 0 Å². The van der Waals surface area contributed by atoms with Crippen molar-refractivity contribution in [3.63, 3.8) is 0 Å². The van der Waals surface area contributed by atoms with Crippen molar-refractivity contribution >= 4 is 17.6 Å². The van der Waals surface area contributed by atoms with E-state index in [9.17, 15) is 4.79 Å². The third-order valence-electron chi connectivity index (χ3n) is 4.41. The standard InChI is InChI=1S/C17H23ClN2O2/c1-3-20-10-13-8-19(2)9-14(11-20)16(13)22-17(21)12-4-6-15(18)7-5-12/h4-7,13-14,16H,3,8-11H2,1-2H3/t13-,14+,16?/i1D3,3D2.